The Morgan fingerprint density at radius 2 is 1.70 bits per heavy atom. The molecule has 14 atom stereocenters. The molecule has 9 N–H and O–H groups in total. The highest BCUT2D eigenvalue weighted by molar-refractivity contribution is 6.02. The molecular weight excluding hydrogens is 807 g/mol. The van der Waals surface area contributed by atoms with Gasteiger partial charge in [0.05, 0.1) is 23.3 Å². The lowest BCUT2D eigenvalue weighted by Crippen LogP contribution is -2.71. The van der Waals surface area contributed by atoms with Gasteiger partial charge in [0.15, 0.2) is 11.7 Å². The van der Waals surface area contributed by atoms with Gasteiger partial charge in [0.1, 0.15) is 11.4 Å². The molecule has 9 aliphatic rings. The van der Waals surface area contributed by atoms with Gasteiger partial charge in [0.2, 0.25) is 0 Å². The number of aliphatic hydroxyl groups excluding tert-OH is 2. The van der Waals surface area contributed by atoms with Crippen molar-refractivity contribution in [3.8, 4) is 11.8 Å². The highest BCUT2D eigenvalue weighted by atomic mass is 16.4. The van der Waals surface area contributed by atoms with Crippen LogP contribution in [0.15, 0.2) is 81.4 Å². The highest BCUT2D eigenvalue weighted by Gasteiger charge is 2.84. The topological polar surface area (TPSA) is 217 Å². The van der Waals surface area contributed by atoms with Crippen LogP contribution < -0.4 is 11.5 Å². The molecule has 2 spiro atoms. The molecule has 0 aromatic heterocycles. The quantitative estimate of drug-likeness (QED) is 0.0635. The molecule has 11 nitrogen and oxygen atoms in total. The van der Waals surface area contributed by atoms with E-state index >= 15 is 4.79 Å². The molecule has 3 fully saturated rings. The SMILES string of the molecule is CC(O)CC(C(=O)O)=C1CCC2(N=C(N)N)C=CC3(CC4(O)C=CC5(O)C6=C7C(=O)CC3(C)C64CCC#CCC3(C)C(=O)CCC7(C)C3C5C3=Cc4ccccc4CC3)C(C)C2C1O. The second-order valence-electron chi connectivity index (χ2n) is 22.0. The summed E-state index contributed by atoms with van der Waals surface area (Å²) in [6.07, 6.45) is 11.0. The predicted molar refractivity (Wildman–Crippen MR) is 242 cm³/mol. The summed E-state index contributed by atoms with van der Waals surface area (Å²) in [5.74, 6) is 3.01. The minimum absolute atomic E-state index is 0.0249. The number of nitrogens with zero attached hydrogens (tertiary/aromatic N) is 1. The first kappa shape index (κ1) is 43.3. The number of aryl methyl sites for hydroxylation is 1. The standard InChI is InChI=1S/C53H63N3O8/c1-29(57)25-35(44(61)62)34-15-20-50(56-45(54)55)22-21-49(30(2)38(50)41(34)60)28-51(63)23-24-52(64)39(33-14-13-31-11-7-8-12-32(31)26-33)42-46(3)17-9-6-10-18-53(51)43(52)40(36(58)27-48(49,53)5)47(42,4)19-16-37(46)59/h7-8,11-12,21-24,26,29-30,38-39,41-42,57,60,63-64H,10,13-20,25,27-28H2,1-5H3,(H,61,62)(H4,54,55,56). The molecule has 1 aromatic rings. The van der Waals surface area contributed by atoms with Crippen molar-refractivity contribution < 1.29 is 39.9 Å². The number of hydrogen-bond acceptors (Lipinski definition) is 8. The van der Waals surface area contributed by atoms with Crippen LogP contribution in [0.1, 0.15) is 116 Å². The third kappa shape index (κ3) is 5.14. The van der Waals surface area contributed by atoms with Gasteiger partial charge >= 0.3 is 5.97 Å². The average Bonchev–Trinajstić information content (AvgIpc) is 3.38. The van der Waals surface area contributed by atoms with Gasteiger partial charge in [0.25, 0.3) is 0 Å². The zero-order valence-corrected chi connectivity index (χ0v) is 37.7. The Balaban J connectivity index is 1.26. The van der Waals surface area contributed by atoms with E-state index in [-0.39, 0.29) is 68.0 Å². The average molecular weight is 870 g/mol. The van der Waals surface area contributed by atoms with Gasteiger partial charge in [0, 0.05) is 76.7 Å². The third-order valence-corrected chi connectivity index (χ3v) is 19.3. The maximum absolute atomic E-state index is 15.9. The van der Waals surface area contributed by atoms with Crippen LogP contribution >= 0.6 is 0 Å². The molecule has 9 aliphatic carbocycles. The molecule has 1 aromatic carbocycles. The van der Waals surface area contributed by atoms with Crippen LogP contribution in [0, 0.1) is 62.6 Å². The first-order chi connectivity index (χ1) is 30.1. The van der Waals surface area contributed by atoms with Crippen molar-refractivity contribution in [2.24, 2.45) is 67.2 Å². The van der Waals surface area contributed by atoms with Gasteiger partial charge in [-0.1, -0.05) is 81.8 Å². The summed E-state index contributed by atoms with van der Waals surface area (Å²) in [5.41, 5.74) is 7.25. The van der Waals surface area contributed by atoms with Gasteiger partial charge in [-0.15, -0.1) is 11.8 Å². The van der Waals surface area contributed by atoms with E-state index in [9.17, 15) is 35.1 Å². The van der Waals surface area contributed by atoms with Crippen LogP contribution in [0.4, 0.5) is 0 Å². The Morgan fingerprint density at radius 3 is 2.42 bits per heavy atom. The highest BCUT2D eigenvalue weighted by Crippen LogP contribution is 2.84. The number of carboxylic acid groups (broad SMARTS) is 1. The fourth-order valence-electron chi connectivity index (χ4n) is 16.9. The van der Waals surface area contributed by atoms with Crippen LogP contribution in [-0.4, -0.2) is 78.0 Å². The van der Waals surface area contributed by atoms with E-state index in [2.05, 4.69) is 50.0 Å². The number of benzene rings is 1. The maximum atomic E-state index is 15.9. The summed E-state index contributed by atoms with van der Waals surface area (Å²) < 4.78 is 0. The molecule has 14 unspecified atom stereocenters. The number of fused-ring (bicyclic) bond motifs is 4. The van der Waals surface area contributed by atoms with Crippen molar-refractivity contribution in [3.05, 3.63) is 87.6 Å². The van der Waals surface area contributed by atoms with Crippen LogP contribution in [0.3, 0.4) is 0 Å². The molecule has 11 heteroatoms. The van der Waals surface area contributed by atoms with E-state index in [1.54, 1.807) is 6.08 Å². The minimum atomic E-state index is -1.77. The number of rotatable bonds is 5. The lowest BCUT2D eigenvalue weighted by molar-refractivity contribution is -0.171. The second kappa shape index (κ2) is 13.7. The molecule has 338 valence electrons. The number of guanidine groups is 1. The molecule has 0 radical (unpaired) electrons. The first-order valence-corrected chi connectivity index (χ1v) is 23.4. The molecule has 0 amide bonds. The molecule has 0 heterocycles. The van der Waals surface area contributed by atoms with E-state index < -0.39 is 85.7 Å². The fourth-order valence-corrected chi connectivity index (χ4v) is 16.9. The number of carbonyl (C=O) groups excluding carboxylic acids is 2. The Hall–Kier alpha value is -4.60. The maximum Gasteiger partial charge on any atom is 0.331 e. The molecule has 10 rings (SSSR count). The van der Waals surface area contributed by atoms with Gasteiger partial charge in [-0.05, 0) is 97.5 Å². The Morgan fingerprint density at radius 1 is 0.953 bits per heavy atom. The zero-order valence-electron chi connectivity index (χ0n) is 37.7. The van der Waals surface area contributed by atoms with Crippen molar-refractivity contribution in [2.75, 3.05) is 0 Å². The molecular formula is C53H63N3O8. The van der Waals surface area contributed by atoms with Crippen LogP contribution in [-0.2, 0) is 20.8 Å². The van der Waals surface area contributed by atoms with Crippen molar-refractivity contribution in [1.82, 2.24) is 0 Å². The first-order valence-electron chi connectivity index (χ1n) is 23.4. The second-order valence-corrected chi connectivity index (χ2v) is 22.0. The molecule has 3 saturated carbocycles. The Kier molecular flexibility index (Phi) is 9.29. The van der Waals surface area contributed by atoms with E-state index in [0.29, 0.717) is 42.4 Å². The number of Topliss-reactive ketones (excluding diaryl/α,β-unsaturated/α-hetero) is 2. The van der Waals surface area contributed by atoms with E-state index in [1.165, 1.54) is 12.5 Å². The number of carboxylic acids is 1. The number of aliphatic hydroxyl groups is 4. The molecule has 4 bridgehead atoms. The fraction of sp³-hybridized carbons (Fsp3) is 0.585. The van der Waals surface area contributed by atoms with E-state index in [4.69, 9.17) is 16.5 Å². The number of ketones is 2. The summed E-state index contributed by atoms with van der Waals surface area (Å²) in [4.78, 5) is 48.2. The summed E-state index contributed by atoms with van der Waals surface area (Å²) in [5, 5.41) is 61.9. The largest absolute Gasteiger partial charge is 0.478 e. The van der Waals surface area contributed by atoms with Gasteiger partial charge in [-0.3, -0.25) is 9.59 Å². The normalized spacial score (nSPS) is 46.0. The van der Waals surface area contributed by atoms with Gasteiger partial charge < -0.3 is 37.0 Å². The zero-order chi connectivity index (χ0) is 45.8. The molecule has 0 saturated heterocycles. The molecule has 64 heavy (non-hydrogen) atoms. The lowest BCUT2D eigenvalue weighted by atomic mass is 9.33. The van der Waals surface area contributed by atoms with Crippen molar-refractivity contribution in [3.63, 3.8) is 0 Å². The summed E-state index contributed by atoms with van der Waals surface area (Å²) in [7, 11) is 0. The summed E-state index contributed by atoms with van der Waals surface area (Å²) in [6.45, 7) is 9.76. The van der Waals surface area contributed by atoms with Gasteiger partial charge in [-0.25, -0.2) is 9.79 Å². The van der Waals surface area contributed by atoms with E-state index in [0.717, 1.165) is 17.6 Å². The number of aliphatic imine (C=N–C) groups is 1. The minimum Gasteiger partial charge on any atom is -0.478 e. The van der Waals surface area contributed by atoms with E-state index in [1.807, 2.05) is 38.1 Å². The predicted octanol–water partition coefficient (Wildman–Crippen LogP) is 5.65. The van der Waals surface area contributed by atoms with Crippen LogP contribution in [0.5, 0.6) is 0 Å². The Bertz CT molecular complexity index is 2570. The van der Waals surface area contributed by atoms with Crippen molar-refractivity contribution in [1.29, 1.82) is 0 Å². The lowest BCUT2D eigenvalue weighted by Gasteiger charge is -2.70. The summed E-state index contributed by atoms with van der Waals surface area (Å²) >= 11 is 0. The van der Waals surface area contributed by atoms with Gasteiger partial charge in [-0.2, -0.15) is 0 Å². The number of hydrogen-bond donors (Lipinski definition) is 7. The number of allylic oxidation sites excluding steroid dienone is 2. The van der Waals surface area contributed by atoms with Crippen molar-refractivity contribution in [2.45, 2.75) is 141 Å². The Labute approximate surface area is 375 Å². The molecule has 0 aliphatic heterocycles. The number of aliphatic carboxylic acids is 1. The smallest absolute Gasteiger partial charge is 0.331 e. The van der Waals surface area contributed by atoms with Crippen LogP contribution in [0.2, 0.25) is 0 Å². The van der Waals surface area contributed by atoms with Crippen molar-refractivity contribution >= 4 is 29.6 Å². The third-order valence-electron chi connectivity index (χ3n) is 19.3. The number of nitrogens with two attached hydrogens (primary N) is 2. The number of carbonyl (C=O) groups is 3. The summed E-state index contributed by atoms with van der Waals surface area (Å²) in [6, 6.07) is 8.28. The van der Waals surface area contributed by atoms with Crippen LogP contribution in [0.25, 0.3) is 6.08 Å². The monoisotopic (exact) mass is 869 g/mol.